The van der Waals surface area contributed by atoms with E-state index in [1.807, 2.05) is 60.7 Å². The van der Waals surface area contributed by atoms with Crippen molar-refractivity contribution in [3.8, 4) is 5.75 Å². The highest BCUT2D eigenvalue weighted by atomic mass is 79.9. The predicted molar refractivity (Wildman–Crippen MR) is 107 cm³/mol. The van der Waals surface area contributed by atoms with Crippen LogP contribution < -0.4 is 4.74 Å². The van der Waals surface area contributed by atoms with E-state index in [0.717, 1.165) is 21.3 Å². The van der Waals surface area contributed by atoms with Crippen LogP contribution in [-0.4, -0.2) is 11.1 Å². The second-order valence-electron chi connectivity index (χ2n) is 6.00. The minimum atomic E-state index is -1.02. The Balaban J connectivity index is 1.58. The molecule has 4 nitrogen and oxygen atoms in total. The Morgan fingerprint density at radius 1 is 0.889 bits per heavy atom. The third-order valence-corrected chi connectivity index (χ3v) is 4.46. The molecule has 1 unspecified atom stereocenters. The fraction of sp³-hybridized carbons (Fsp3) is 0.136. The maximum atomic E-state index is 11.5. The van der Waals surface area contributed by atoms with Gasteiger partial charge >= 0.3 is 5.97 Å². The molecule has 138 valence electrons. The first-order valence-electron chi connectivity index (χ1n) is 8.47. The minimum absolute atomic E-state index is 0.197. The van der Waals surface area contributed by atoms with Gasteiger partial charge in [0, 0.05) is 4.47 Å². The van der Waals surface area contributed by atoms with Gasteiger partial charge in [-0.2, -0.15) is 0 Å². The van der Waals surface area contributed by atoms with E-state index in [9.17, 15) is 9.90 Å². The smallest absolute Gasteiger partial charge is 0.337 e. The number of halogens is 1. The first-order chi connectivity index (χ1) is 13.1. The summed E-state index contributed by atoms with van der Waals surface area (Å²) in [5.41, 5.74) is 2.58. The zero-order valence-corrected chi connectivity index (χ0v) is 16.1. The molecule has 0 aliphatic heterocycles. The lowest BCUT2D eigenvalue weighted by Crippen LogP contribution is -2.15. The van der Waals surface area contributed by atoms with E-state index >= 15 is 0 Å². The number of aliphatic carboxylic acids is 1. The van der Waals surface area contributed by atoms with E-state index in [2.05, 4.69) is 15.9 Å². The molecule has 3 rings (SSSR count). The molecule has 0 aliphatic rings. The summed E-state index contributed by atoms with van der Waals surface area (Å²) in [5, 5.41) is 9.46. The van der Waals surface area contributed by atoms with Crippen molar-refractivity contribution in [2.45, 2.75) is 19.3 Å². The summed E-state index contributed by atoms with van der Waals surface area (Å²) in [5.74, 6) is -0.264. The van der Waals surface area contributed by atoms with Crippen LogP contribution in [0, 0.1) is 0 Å². The predicted octanol–water partition coefficient (Wildman–Crippen LogP) is 5.37. The molecule has 0 fully saturated rings. The van der Waals surface area contributed by atoms with E-state index in [1.165, 1.54) is 0 Å². The van der Waals surface area contributed by atoms with Crippen molar-refractivity contribution in [1.82, 2.24) is 0 Å². The third-order valence-electron chi connectivity index (χ3n) is 3.96. The largest absolute Gasteiger partial charge is 0.489 e. The molecule has 0 heterocycles. The molecule has 0 radical (unpaired) electrons. The highest BCUT2D eigenvalue weighted by Gasteiger charge is 2.20. The molecule has 3 aromatic rings. The van der Waals surface area contributed by atoms with Gasteiger partial charge in [0.05, 0.1) is 6.61 Å². The van der Waals surface area contributed by atoms with Gasteiger partial charge in [-0.3, -0.25) is 0 Å². The maximum absolute atomic E-state index is 11.5. The zero-order chi connectivity index (χ0) is 19.1. The first-order valence-corrected chi connectivity index (χ1v) is 9.26. The number of benzene rings is 3. The number of carboxylic acid groups (broad SMARTS) is 1. The summed E-state index contributed by atoms with van der Waals surface area (Å²) in [6, 6.07) is 24.5. The van der Waals surface area contributed by atoms with Crippen LogP contribution in [0.25, 0.3) is 0 Å². The molecule has 0 amide bonds. The minimum Gasteiger partial charge on any atom is -0.489 e. The number of hydrogen-bond acceptors (Lipinski definition) is 3. The van der Waals surface area contributed by atoms with Gasteiger partial charge in [0.25, 0.3) is 0 Å². The molecule has 0 spiro atoms. The molecule has 0 saturated heterocycles. The summed E-state index contributed by atoms with van der Waals surface area (Å²) >= 11 is 3.35. The molecule has 27 heavy (non-hydrogen) atoms. The number of ether oxygens (including phenoxy) is 2. The van der Waals surface area contributed by atoms with Crippen LogP contribution in [0.4, 0.5) is 0 Å². The lowest BCUT2D eigenvalue weighted by atomic mass is 10.1. The van der Waals surface area contributed by atoms with Crippen LogP contribution in [0.1, 0.15) is 22.8 Å². The van der Waals surface area contributed by atoms with Gasteiger partial charge in [0.1, 0.15) is 12.4 Å². The van der Waals surface area contributed by atoms with Gasteiger partial charge in [-0.15, -0.1) is 0 Å². The molecule has 0 saturated carbocycles. The molecular weight excluding hydrogens is 408 g/mol. The van der Waals surface area contributed by atoms with E-state index in [0.29, 0.717) is 12.2 Å². The Labute approximate surface area is 166 Å². The van der Waals surface area contributed by atoms with E-state index in [1.54, 1.807) is 18.2 Å². The van der Waals surface area contributed by atoms with Crippen LogP contribution >= 0.6 is 15.9 Å². The van der Waals surface area contributed by atoms with Crippen molar-refractivity contribution in [2.24, 2.45) is 0 Å². The Hall–Kier alpha value is -2.63. The average molecular weight is 427 g/mol. The molecule has 1 atom stereocenters. The monoisotopic (exact) mass is 426 g/mol. The fourth-order valence-electron chi connectivity index (χ4n) is 2.58. The van der Waals surface area contributed by atoms with Crippen molar-refractivity contribution in [3.05, 3.63) is 100 Å². The van der Waals surface area contributed by atoms with Crippen molar-refractivity contribution < 1.29 is 19.4 Å². The van der Waals surface area contributed by atoms with Crippen molar-refractivity contribution in [1.29, 1.82) is 0 Å². The van der Waals surface area contributed by atoms with Crippen molar-refractivity contribution in [2.75, 3.05) is 0 Å². The second kappa shape index (κ2) is 9.35. The average Bonchev–Trinajstić information content (AvgIpc) is 2.68. The molecule has 1 N–H and O–H groups in total. The first kappa shape index (κ1) is 19.1. The van der Waals surface area contributed by atoms with Crippen LogP contribution in [-0.2, 0) is 22.7 Å². The number of carboxylic acids is 1. The van der Waals surface area contributed by atoms with Crippen LogP contribution in [0.15, 0.2) is 83.3 Å². The highest BCUT2D eigenvalue weighted by Crippen LogP contribution is 2.23. The van der Waals surface area contributed by atoms with Crippen molar-refractivity contribution in [3.63, 3.8) is 0 Å². The normalized spacial score (nSPS) is 11.7. The van der Waals surface area contributed by atoms with Gasteiger partial charge in [0.2, 0.25) is 0 Å². The van der Waals surface area contributed by atoms with Gasteiger partial charge < -0.3 is 14.6 Å². The molecular formula is C22H19BrO4. The molecule has 0 aromatic heterocycles. The highest BCUT2D eigenvalue weighted by molar-refractivity contribution is 9.10. The Kier molecular flexibility index (Phi) is 6.63. The number of hydrogen-bond donors (Lipinski definition) is 1. The molecule has 3 aromatic carbocycles. The Morgan fingerprint density at radius 2 is 1.59 bits per heavy atom. The molecule has 0 bridgehead atoms. The zero-order valence-electron chi connectivity index (χ0n) is 14.5. The van der Waals surface area contributed by atoms with E-state index in [4.69, 9.17) is 9.47 Å². The topological polar surface area (TPSA) is 55.8 Å². The quantitative estimate of drug-likeness (QED) is 0.525. The van der Waals surface area contributed by atoms with Gasteiger partial charge in [-0.25, -0.2) is 4.79 Å². The summed E-state index contributed by atoms with van der Waals surface area (Å²) in [6.45, 7) is 0.698. The lowest BCUT2D eigenvalue weighted by molar-refractivity contribution is -0.151. The Morgan fingerprint density at radius 3 is 2.26 bits per heavy atom. The number of rotatable bonds is 8. The van der Waals surface area contributed by atoms with Crippen LogP contribution in [0.3, 0.4) is 0 Å². The van der Waals surface area contributed by atoms with Crippen LogP contribution in [0.5, 0.6) is 5.75 Å². The second-order valence-corrected chi connectivity index (χ2v) is 6.92. The van der Waals surface area contributed by atoms with Gasteiger partial charge in [-0.1, -0.05) is 70.5 Å². The third kappa shape index (κ3) is 5.67. The van der Waals surface area contributed by atoms with Crippen molar-refractivity contribution >= 4 is 21.9 Å². The SMILES string of the molecule is O=C(O)C(OCc1ccc(OCc2ccccc2)cc1)c1cccc(Br)c1. The maximum Gasteiger partial charge on any atom is 0.337 e. The van der Waals surface area contributed by atoms with Gasteiger partial charge in [0.15, 0.2) is 6.10 Å². The lowest BCUT2D eigenvalue weighted by Gasteiger charge is -2.15. The fourth-order valence-corrected chi connectivity index (χ4v) is 3.00. The number of carbonyl (C=O) groups is 1. The Bertz CT molecular complexity index is 878. The van der Waals surface area contributed by atoms with E-state index in [-0.39, 0.29) is 6.61 Å². The molecule has 5 heteroatoms. The van der Waals surface area contributed by atoms with E-state index < -0.39 is 12.1 Å². The summed E-state index contributed by atoms with van der Waals surface area (Å²) in [7, 11) is 0. The van der Waals surface area contributed by atoms with Crippen LogP contribution in [0.2, 0.25) is 0 Å². The van der Waals surface area contributed by atoms with Gasteiger partial charge in [-0.05, 0) is 41.0 Å². The summed E-state index contributed by atoms with van der Waals surface area (Å²) in [4.78, 5) is 11.5. The summed E-state index contributed by atoms with van der Waals surface area (Å²) < 4.78 is 12.2. The standard InChI is InChI=1S/C22H19BrO4/c23-19-8-4-7-18(13-19)21(22(24)25)27-15-17-9-11-20(12-10-17)26-14-16-5-2-1-3-6-16/h1-13,21H,14-15H2,(H,24,25). The summed E-state index contributed by atoms with van der Waals surface area (Å²) in [6.07, 6.45) is -1.02. The molecule has 0 aliphatic carbocycles.